The Morgan fingerprint density at radius 2 is 2.31 bits per heavy atom. The van der Waals surface area contributed by atoms with Crippen molar-refractivity contribution in [1.82, 2.24) is 5.32 Å². The normalized spacial score (nSPS) is 18.0. The van der Waals surface area contributed by atoms with E-state index in [-0.39, 0.29) is 0 Å². The van der Waals surface area contributed by atoms with E-state index >= 15 is 0 Å². The van der Waals surface area contributed by atoms with Crippen molar-refractivity contribution in [2.75, 3.05) is 19.8 Å². The van der Waals surface area contributed by atoms with Crippen LogP contribution in [0.4, 0.5) is 0 Å². The molecule has 3 nitrogen and oxygen atoms in total. The molecule has 16 heavy (non-hydrogen) atoms. The molecule has 2 rings (SSSR count). The monoisotopic (exact) mass is 221 g/mol. The second-order valence-electron chi connectivity index (χ2n) is 3.95. The maximum Gasteiger partial charge on any atom is 0.127 e. The van der Waals surface area contributed by atoms with Crippen LogP contribution in [0.5, 0.6) is 11.5 Å². The third-order valence-corrected chi connectivity index (χ3v) is 2.72. The van der Waals surface area contributed by atoms with Gasteiger partial charge in [-0.3, -0.25) is 0 Å². The summed E-state index contributed by atoms with van der Waals surface area (Å²) in [6, 6.07) is 6.43. The first-order valence-corrected chi connectivity index (χ1v) is 5.98. The van der Waals surface area contributed by atoms with Gasteiger partial charge in [-0.15, -0.1) is 0 Å². The van der Waals surface area contributed by atoms with Gasteiger partial charge in [0, 0.05) is 11.6 Å². The zero-order valence-electron chi connectivity index (χ0n) is 9.95. The first-order valence-electron chi connectivity index (χ1n) is 5.98. The molecule has 0 amide bonds. The summed E-state index contributed by atoms with van der Waals surface area (Å²) in [6.45, 7) is 6.60. The lowest BCUT2D eigenvalue weighted by molar-refractivity contribution is 0.307. The van der Waals surface area contributed by atoms with Gasteiger partial charge in [-0.05, 0) is 32.0 Å². The minimum atomic E-state index is 0.339. The van der Waals surface area contributed by atoms with E-state index in [0.29, 0.717) is 12.6 Å². The summed E-state index contributed by atoms with van der Waals surface area (Å²) in [6.07, 6.45) is 1.14. The minimum absolute atomic E-state index is 0.339. The lowest BCUT2D eigenvalue weighted by Crippen LogP contribution is -2.22. The van der Waals surface area contributed by atoms with Crippen molar-refractivity contribution in [2.24, 2.45) is 0 Å². The summed E-state index contributed by atoms with van der Waals surface area (Å²) in [5.41, 5.74) is 1.25. The number of rotatable bonds is 5. The highest BCUT2D eigenvalue weighted by Crippen LogP contribution is 2.35. The largest absolute Gasteiger partial charge is 0.494 e. The van der Waals surface area contributed by atoms with E-state index in [1.165, 1.54) is 5.56 Å². The topological polar surface area (TPSA) is 30.5 Å². The smallest absolute Gasteiger partial charge is 0.127 e. The third-order valence-electron chi connectivity index (χ3n) is 2.72. The van der Waals surface area contributed by atoms with E-state index < -0.39 is 0 Å². The molecular formula is C13H19NO2. The lowest BCUT2D eigenvalue weighted by Gasteiger charge is -2.10. The number of fused-ring (bicyclic) bond motifs is 1. The zero-order valence-corrected chi connectivity index (χ0v) is 9.95. The van der Waals surface area contributed by atoms with Crippen LogP contribution in [0.2, 0.25) is 0 Å². The molecule has 1 heterocycles. The van der Waals surface area contributed by atoms with Crippen LogP contribution in [0.1, 0.15) is 31.9 Å². The van der Waals surface area contributed by atoms with E-state index in [0.717, 1.165) is 31.1 Å². The molecule has 1 N–H and O–H groups in total. The number of benzene rings is 1. The van der Waals surface area contributed by atoms with Gasteiger partial charge in [0.25, 0.3) is 0 Å². The molecule has 0 radical (unpaired) electrons. The highest BCUT2D eigenvalue weighted by molar-refractivity contribution is 5.44. The minimum Gasteiger partial charge on any atom is -0.494 e. The van der Waals surface area contributed by atoms with Crippen molar-refractivity contribution in [3.8, 4) is 11.5 Å². The molecule has 0 fully saturated rings. The molecule has 88 valence electrons. The predicted molar refractivity (Wildman–Crippen MR) is 64.1 cm³/mol. The molecule has 1 atom stereocenters. The first kappa shape index (κ1) is 11.3. The van der Waals surface area contributed by atoms with Crippen molar-refractivity contribution < 1.29 is 9.47 Å². The van der Waals surface area contributed by atoms with Crippen molar-refractivity contribution in [3.05, 3.63) is 23.8 Å². The number of nitrogens with one attached hydrogen (secondary N) is 1. The number of hydrogen-bond acceptors (Lipinski definition) is 3. The average molecular weight is 221 g/mol. The van der Waals surface area contributed by atoms with E-state index in [1.54, 1.807) is 0 Å². The van der Waals surface area contributed by atoms with Crippen LogP contribution >= 0.6 is 0 Å². The van der Waals surface area contributed by atoms with Crippen LogP contribution in [0.25, 0.3) is 0 Å². The van der Waals surface area contributed by atoms with Crippen LogP contribution in [0.3, 0.4) is 0 Å². The molecule has 0 spiro atoms. The fraction of sp³-hybridized carbons (Fsp3) is 0.538. The van der Waals surface area contributed by atoms with Gasteiger partial charge in [0.05, 0.1) is 12.6 Å². The fourth-order valence-corrected chi connectivity index (χ4v) is 1.93. The van der Waals surface area contributed by atoms with E-state index in [1.807, 2.05) is 19.1 Å². The Morgan fingerprint density at radius 1 is 1.44 bits per heavy atom. The van der Waals surface area contributed by atoms with Gasteiger partial charge in [-0.2, -0.15) is 0 Å². The van der Waals surface area contributed by atoms with Crippen LogP contribution in [0.15, 0.2) is 18.2 Å². The number of hydrogen-bond donors (Lipinski definition) is 1. The molecular weight excluding hydrogens is 202 g/mol. The summed E-state index contributed by atoms with van der Waals surface area (Å²) >= 11 is 0. The average Bonchev–Trinajstić information content (AvgIpc) is 2.69. The van der Waals surface area contributed by atoms with Gasteiger partial charge >= 0.3 is 0 Å². The SMILES string of the molecule is CCCNC1COc2cc(OCC)ccc21. The Bertz CT molecular complexity index is 352. The van der Waals surface area contributed by atoms with Crippen LogP contribution in [0, 0.1) is 0 Å². The molecule has 0 saturated heterocycles. The Kier molecular flexibility index (Phi) is 3.67. The molecule has 1 unspecified atom stereocenters. The quantitative estimate of drug-likeness (QED) is 0.828. The standard InChI is InChI=1S/C13H19NO2/c1-3-7-14-12-9-16-13-8-10(15-4-2)5-6-11(12)13/h5-6,8,12,14H,3-4,7,9H2,1-2H3. The van der Waals surface area contributed by atoms with Crippen molar-refractivity contribution in [2.45, 2.75) is 26.3 Å². The van der Waals surface area contributed by atoms with E-state index in [9.17, 15) is 0 Å². The Hall–Kier alpha value is -1.22. The zero-order chi connectivity index (χ0) is 11.4. The Balaban J connectivity index is 2.09. The Labute approximate surface area is 96.8 Å². The van der Waals surface area contributed by atoms with Crippen LogP contribution in [-0.4, -0.2) is 19.8 Å². The van der Waals surface area contributed by atoms with E-state index in [4.69, 9.17) is 9.47 Å². The second-order valence-corrected chi connectivity index (χ2v) is 3.95. The lowest BCUT2D eigenvalue weighted by atomic mass is 10.1. The Morgan fingerprint density at radius 3 is 3.06 bits per heavy atom. The summed E-state index contributed by atoms with van der Waals surface area (Å²) < 4.78 is 11.1. The summed E-state index contributed by atoms with van der Waals surface area (Å²) in [4.78, 5) is 0. The maximum atomic E-state index is 5.65. The molecule has 1 aromatic rings. The van der Waals surface area contributed by atoms with Gasteiger partial charge < -0.3 is 14.8 Å². The van der Waals surface area contributed by atoms with Crippen molar-refractivity contribution >= 4 is 0 Å². The van der Waals surface area contributed by atoms with Gasteiger partial charge in [0.1, 0.15) is 18.1 Å². The van der Waals surface area contributed by atoms with Gasteiger partial charge in [-0.1, -0.05) is 6.92 Å². The first-order chi connectivity index (χ1) is 7.85. The van der Waals surface area contributed by atoms with Crippen LogP contribution < -0.4 is 14.8 Å². The molecule has 1 aliphatic rings. The molecule has 0 aromatic heterocycles. The summed E-state index contributed by atoms with van der Waals surface area (Å²) in [5.74, 6) is 1.84. The van der Waals surface area contributed by atoms with E-state index in [2.05, 4.69) is 18.3 Å². The van der Waals surface area contributed by atoms with Crippen molar-refractivity contribution in [1.29, 1.82) is 0 Å². The van der Waals surface area contributed by atoms with Crippen LogP contribution in [-0.2, 0) is 0 Å². The van der Waals surface area contributed by atoms with Gasteiger partial charge in [0.15, 0.2) is 0 Å². The molecule has 0 aliphatic carbocycles. The molecule has 0 bridgehead atoms. The highest BCUT2D eigenvalue weighted by atomic mass is 16.5. The number of ether oxygens (including phenoxy) is 2. The van der Waals surface area contributed by atoms with Gasteiger partial charge in [0.2, 0.25) is 0 Å². The molecule has 1 aromatic carbocycles. The molecule has 0 saturated carbocycles. The second kappa shape index (κ2) is 5.21. The third kappa shape index (κ3) is 2.30. The molecule has 1 aliphatic heterocycles. The maximum absolute atomic E-state index is 5.65. The summed E-state index contributed by atoms with van der Waals surface area (Å²) in [5, 5.41) is 3.47. The van der Waals surface area contributed by atoms with Crippen molar-refractivity contribution in [3.63, 3.8) is 0 Å². The highest BCUT2D eigenvalue weighted by Gasteiger charge is 2.23. The molecule has 3 heteroatoms. The van der Waals surface area contributed by atoms with Gasteiger partial charge in [-0.25, -0.2) is 0 Å². The summed E-state index contributed by atoms with van der Waals surface area (Å²) in [7, 11) is 0. The predicted octanol–water partition coefficient (Wildman–Crippen LogP) is 2.52. The fourth-order valence-electron chi connectivity index (χ4n) is 1.93.